The Balaban J connectivity index is 1.50. The van der Waals surface area contributed by atoms with Crippen LogP contribution >= 0.6 is 11.8 Å². The molecule has 3 aromatic rings. The molecule has 0 aliphatic rings. The van der Waals surface area contributed by atoms with Crippen molar-refractivity contribution in [2.24, 2.45) is 0 Å². The lowest BCUT2D eigenvalue weighted by Gasteiger charge is -2.13. The van der Waals surface area contributed by atoms with E-state index in [4.69, 9.17) is 15.3 Å². The van der Waals surface area contributed by atoms with Gasteiger partial charge in [-0.25, -0.2) is 4.68 Å². The lowest BCUT2D eigenvalue weighted by atomic mass is 10.2. The summed E-state index contributed by atoms with van der Waals surface area (Å²) in [5, 5.41) is 8.35. The molecule has 28 heavy (non-hydrogen) atoms. The third kappa shape index (κ3) is 5.10. The number of nitrogen functional groups attached to an aromatic ring is 1. The Hall–Kier alpha value is -2.88. The van der Waals surface area contributed by atoms with Gasteiger partial charge in [0.25, 0.3) is 0 Å². The average Bonchev–Trinajstić information content (AvgIpc) is 3.04. The van der Waals surface area contributed by atoms with Gasteiger partial charge in [0.05, 0.1) is 12.2 Å². The molecule has 148 valence electrons. The van der Waals surface area contributed by atoms with E-state index in [2.05, 4.69) is 10.2 Å². The van der Waals surface area contributed by atoms with E-state index in [1.165, 1.54) is 34.6 Å². The number of nitrogens with zero attached hydrogens (tertiary/aromatic N) is 3. The molecule has 0 atom stereocenters. The predicted molar refractivity (Wildman–Crippen MR) is 98.6 cm³/mol. The Morgan fingerprint density at radius 3 is 2.43 bits per heavy atom. The van der Waals surface area contributed by atoms with Crippen LogP contribution in [0.15, 0.2) is 59.8 Å². The van der Waals surface area contributed by atoms with Crippen molar-refractivity contribution >= 4 is 11.8 Å². The van der Waals surface area contributed by atoms with Gasteiger partial charge in [0.15, 0.2) is 5.82 Å². The quantitative estimate of drug-likeness (QED) is 0.346. The topological polar surface area (TPSA) is 75.2 Å². The van der Waals surface area contributed by atoms with Crippen molar-refractivity contribution in [2.75, 3.05) is 18.2 Å². The largest absolute Gasteiger partial charge is 0.492 e. The van der Waals surface area contributed by atoms with Gasteiger partial charge in [-0.15, -0.1) is 10.2 Å². The fourth-order valence-electron chi connectivity index (χ4n) is 2.28. The maximum absolute atomic E-state index is 12.9. The number of hydrogen-bond donors (Lipinski definition) is 1. The van der Waals surface area contributed by atoms with Crippen molar-refractivity contribution in [1.29, 1.82) is 0 Å². The number of benzene rings is 2. The normalized spacial score (nSPS) is 11.4. The molecule has 1 heterocycles. The summed E-state index contributed by atoms with van der Waals surface area (Å²) < 4.78 is 50.9. The van der Waals surface area contributed by atoms with Gasteiger partial charge in [-0.1, -0.05) is 42.1 Å². The third-order valence-electron chi connectivity index (χ3n) is 3.61. The Morgan fingerprint density at radius 1 is 0.964 bits per heavy atom. The second-order valence-corrected chi connectivity index (χ2v) is 6.62. The Morgan fingerprint density at radius 2 is 1.68 bits per heavy atom. The molecule has 0 aliphatic carbocycles. The highest BCUT2D eigenvalue weighted by Crippen LogP contribution is 2.35. The lowest BCUT2D eigenvalue weighted by molar-refractivity contribution is -0.138. The fraction of sp³-hybridized carbons (Fsp3) is 0.222. The van der Waals surface area contributed by atoms with E-state index in [-0.39, 0.29) is 19.0 Å². The number of halogens is 3. The molecule has 0 bridgehead atoms. The minimum Gasteiger partial charge on any atom is -0.492 e. The number of para-hydroxylation sites is 2. The van der Waals surface area contributed by atoms with Crippen molar-refractivity contribution in [3.8, 4) is 11.5 Å². The summed E-state index contributed by atoms with van der Waals surface area (Å²) in [7, 11) is 0. The maximum atomic E-state index is 12.9. The molecule has 2 aromatic carbocycles. The van der Waals surface area contributed by atoms with Crippen molar-refractivity contribution in [1.82, 2.24) is 14.9 Å². The standard InChI is InChI=1S/C18H17F3N4O2S/c19-18(20,21)14-8-4-5-9-15(14)26-10-11-28-17-24-23-16(25(17)22)12-27-13-6-2-1-3-7-13/h1-9H,10-12,22H2. The molecule has 6 nitrogen and oxygen atoms in total. The van der Waals surface area contributed by atoms with Crippen LogP contribution in [0.3, 0.4) is 0 Å². The van der Waals surface area contributed by atoms with E-state index in [0.29, 0.717) is 22.5 Å². The first-order chi connectivity index (χ1) is 13.4. The highest BCUT2D eigenvalue weighted by atomic mass is 32.2. The predicted octanol–water partition coefficient (Wildman–Crippen LogP) is 3.76. The first-order valence-corrected chi connectivity index (χ1v) is 9.23. The summed E-state index contributed by atoms with van der Waals surface area (Å²) >= 11 is 1.22. The summed E-state index contributed by atoms with van der Waals surface area (Å²) in [6.07, 6.45) is -4.46. The van der Waals surface area contributed by atoms with Crippen molar-refractivity contribution in [2.45, 2.75) is 17.9 Å². The molecule has 0 spiro atoms. The van der Waals surface area contributed by atoms with Crippen LogP contribution in [0.1, 0.15) is 11.4 Å². The van der Waals surface area contributed by atoms with Gasteiger partial charge in [-0.3, -0.25) is 0 Å². The second-order valence-electron chi connectivity index (χ2n) is 5.56. The zero-order valence-corrected chi connectivity index (χ0v) is 15.4. The van der Waals surface area contributed by atoms with E-state index in [1.54, 1.807) is 0 Å². The second kappa shape index (κ2) is 8.87. The van der Waals surface area contributed by atoms with Crippen LogP contribution in [0.5, 0.6) is 11.5 Å². The molecule has 0 fully saturated rings. The number of nitrogens with two attached hydrogens (primary N) is 1. The van der Waals surface area contributed by atoms with Gasteiger partial charge < -0.3 is 15.3 Å². The number of ether oxygens (including phenoxy) is 2. The molecule has 2 N–H and O–H groups in total. The Labute approximate surface area is 163 Å². The van der Waals surface area contributed by atoms with Crippen LogP contribution in [-0.2, 0) is 12.8 Å². The van der Waals surface area contributed by atoms with E-state index >= 15 is 0 Å². The van der Waals surface area contributed by atoms with Gasteiger partial charge in [-0.05, 0) is 24.3 Å². The summed E-state index contributed by atoms with van der Waals surface area (Å²) in [6.45, 7) is 0.198. The monoisotopic (exact) mass is 410 g/mol. The summed E-state index contributed by atoms with van der Waals surface area (Å²) in [4.78, 5) is 0. The first-order valence-electron chi connectivity index (χ1n) is 8.24. The fourth-order valence-corrected chi connectivity index (χ4v) is 2.97. The summed E-state index contributed by atoms with van der Waals surface area (Å²) in [5.41, 5.74) is -0.803. The zero-order valence-electron chi connectivity index (χ0n) is 14.6. The number of alkyl halides is 3. The summed E-state index contributed by atoms with van der Waals surface area (Å²) in [6, 6.07) is 14.3. The zero-order chi connectivity index (χ0) is 20.0. The van der Waals surface area contributed by atoms with Crippen LogP contribution < -0.4 is 15.3 Å². The number of aromatic nitrogens is 3. The van der Waals surface area contributed by atoms with Gasteiger partial charge in [0.2, 0.25) is 5.16 Å². The van der Waals surface area contributed by atoms with Gasteiger partial charge in [0, 0.05) is 5.75 Å². The van der Waals surface area contributed by atoms with Gasteiger partial charge >= 0.3 is 6.18 Å². The maximum Gasteiger partial charge on any atom is 0.419 e. The van der Waals surface area contributed by atoms with Crippen molar-refractivity contribution in [3.63, 3.8) is 0 Å². The van der Waals surface area contributed by atoms with Crippen molar-refractivity contribution < 1.29 is 22.6 Å². The molecular formula is C18H17F3N4O2S. The van der Waals surface area contributed by atoms with E-state index in [1.807, 2.05) is 30.3 Å². The van der Waals surface area contributed by atoms with E-state index in [0.717, 1.165) is 6.07 Å². The SMILES string of the molecule is Nn1c(COc2ccccc2)nnc1SCCOc1ccccc1C(F)(F)F. The molecule has 3 rings (SSSR count). The van der Waals surface area contributed by atoms with E-state index < -0.39 is 11.7 Å². The summed E-state index contributed by atoms with van der Waals surface area (Å²) in [5.74, 6) is 7.19. The number of hydrogen-bond acceptors (Lipinski definition) is 6. The van der Waals surface area contributed by atoms with Crippen LogP contribution in [-0.4, -0.2) is 27.2 Å². The molecule has 0 radical (unpaired) electrons. The molecular weight excluding hydrogens is 393 g/mol. The van der Waals surface area contributed by atoms with Gasteiger partial charge in [0.1, 0.15) is 18.1 Å². The third-order valence-corrected chi connectivity index (χ3v) is 4.52. The molecule has 0 amide bonds. The Bertz CT molecular complexity index is 903. The number of thioether (sulfide) groups is 1. The van der Waals surface area contributed by atoms with E-state index in [9.17, 15) is 13.2 Å². The minimum atomic E-state index is -4.46. The van der Waals surface area contributed by atoms with Crippen LogP contribution in [0.2, 0.25) is 0 Å². The molecule has 0 saturated carbocycles. The van der Waals surface area contributed by atoms with Crippen LogP contribution in [0, 0.1) is 0 Å². The van der Waals surface area contributed by atoms with Crippen molar-refractivity contribution in [3.05, 3.63) is 66.0 Å². The van der Waals surface area contributed by atoms with Crippen LogP contribution in [0.25, 0.3) is 0 Å². The highest BCUT2D eigenvalue weighted by molar-refractivity contribution is 7.99. The number of rotatable bonds is 8. The smallest absolute Gasteiger partial charge is 0.419 e. The molecule has 0 unspecified atom stereocenters. The molecule has 10 heteroatoms. The lowest BCUT2D eigenvalue weighted by Crippen LogP contribution is -2.16. The molecule has 0 aliphatic heterocycles. The minimum absolute atomic E-state index is 0.0560. The van der Waals surface area contributed by atoms with Gasteiger partial charge in [-0.2, -0.15) is 13.2 Å². The molecule has 1 aromatic heterocycles. The first kappa shape index (κ1) is 19.9. The Kier molecular flexibility index (Phi) is 6.30. The van der Waals surface area contributed by atoms with Crippen LogP contribution in [0.4, 0.5) is 13.2 Å². The average molecular weight is 410 g/mol. The molecule has 0 saturated heterocycles. The highest BCUT2D eigenvalue weighted by Gasteiger charge is 2.33.